The summed E-state index contributed by atoms with van der Waals surface area (Å²) in [7, 11) is 1.24. The fraction of sp³-hybridized carbons (Fsp3) is 0.227. The molecular weight excluding hydrogens is 384 g/mol. The highest BCUT2D eigenvalue weighted by Gasteiger charge is 2.22. The highest BCUT2D eigenvalue weighted by molar-refractivity contribution is 5.94. The molecule has 1 radical (unpaired) electrons. The van der Waals surface area contributed by atoms with Crippen LogP contribution in [0, 0.1) is 5.21 Å². The van der Waals surface area contributed by atoms with Crippen LogP contribution in [0.2, 0.25) is 0 Å². The maximum atomic E-state index is 12.4. The predicted molar refractivity (Wildman–Crippen MR) is 112 cm³/mol. The van der Waals surface area contributed by atoms with Crippen molar-refractivity contribution >= 4 is 12.7 Å². The second-order valence-electron chi connectivity index (χ2n) is 6.91. The van der Waals surface area contributed by atoms with Gasteiger partial charge in [-0.05, 0) is 26.0 Å². The lowest BCUT2D eigenvalue weighted by Crippen LogP contribution is -2.24. The second kappa shape index (κ2) is 8.69. The van der Waals surface area contributed by atoms with E-state index in [0.29, 0.717) is 17.0 Å². The summed E-state index contributed by atoms with van der Waals surface area (Å²) < 4.78 is 6.41. The van der Waals surface area contributed by atoms with Gasteiger partial charge in [-0.25, -0.2) is 19.2 Å². The van der Waals surface area contributed by atoms with E-state index >= 15 is 0 Å². The lowest BCUT2D eigenvalue weighted by Gasteiger charge is -2.16. The summed E-state index contributed by atoms with van der Waals surface area (Å²) in [6, 6.07) is 13.7. The molecule has 2 heterocycles. The van der Waals surface area contributed by atoms with Crippen molar-refractivity contribution in [1.29, 1.82) is 0 Å². The summed E-state index contributed by atoms with van der Waals surface area (Å²) in [5.41, 5.74) is 2.28. The number of methoxy groups -OCH3 is 1. The van der Waals surface area contributed by atoms with Crippen LogP contribution in [0.15, 0.2) is 53.3 Å². The molecular formula is C22H21N4O4. The summed E-state index contributed by atoms with van der Waals surface area (Å²) >= 11 is 0. The van der Waals surface area contributed by atoms with E-state index in [1.165, 1.54) is 17.9 Å². The van der Waals surface area contributed by atoms with Gasteiger partial charge in [-0.2, -0.15) is 5.10 Å². The monoisotopic (exact) mass is 405 g/mol. The van der Waals surface area contributed by atoms with Crippen LogP contribution in [-0.2, 0) is 11.3 Å². The van der Waals surface area contributed by atoms with Crippen molar-refractivity contribution in [3.05, 3.63) is 75.3 Å². The molecule has 30 heavy (non-hydrogen) atoms. The predicted octanol–water partition coefficient (Wildman–Crippen LogP) is 2.93. The van der Waals surface area contributed by atoms with Crippen LogP contribution < -0.4 is 5.56 Å². The van der Waals surface area contributed by atoms with Crippen molar-refractivity contribution in [3.8, 4) is 22.5 Å². The Morgan fingerprint density at radius 2 is 1.93 bits per heavy atom. The van der Waals surface area contributed by atoms with Crippen molar-refractivity contribution in [2.75, 3.05) is 7.11 Å². The van der Waals surface area contributed by atoms with E-state index in [1.54, 1.807) is 12.1 Å². The number of ether oxygens (including phenoxy) is 1. The number of hydrogen-bond donors (Lipinski definition) is 0. The van der Waals surface area contributed by atoms with E-state index in [9.17, 15) is 14.8 Å². The normalized spacial score (nSPS) is 10.8. The van der Waals surface area contributed by atoms with Gasteiger partial charge in [0.2, 0.25) is 6.72 Å². The molecule has 0 aliphatic carbocycles. The number of carbonyl (C=O) groups is 1. The molecule has 0 amide bonds. The van der Waals surface area contributed by atoms with Gasteiger partial charge in [0.1, 0.15) is 5.69 Å². The van der Waals surface area contributed by atoms with Gasteiger partial charge in [-0.3, -0.25) is 4.79 Å². The third-order valence-corrected chi connectivity index (χ3v) is 4.45. The van der Waals surface area contributed by atoms with Crippen LogP contribution in [0.5, 0.6) is 0 Å². The molecule has 0 atom stereocenters. The van der Waals surface area contributed by atoms with Crippen LogP contribution in [0.3, 0.4) is 0 Å². The molecule has 153 valence electrons. The number of esters is 1. The molecule has 0 bridgehead atoms. The van der Waals surface area contributed by atoms with E-state index in [4.69, 9.17) is 11.5 Å². The van der Waals surface area contributed by atoms with E-state index < -0.39 is 5.97 Å². The van der Waals surface area contributed by atoms with Crippen LogP contribution in [0.1, 0.15) is 35.9 Å². The van der Waals surface area contributed by atoms with E-state index in [0.717, 1.165) is 5.56 Å². The zero-order chi connectivity index (χ0) is 21.8. The van der Waals surface area contributed by atoms with Crippen LogP contribution in [0.25, 0.3) is 22.5 Å². The molecule has 0 spiro atoms. The first-order chi connectivity index (χ1) is 14.3. The van der Waals surface area contributed by atoms with Crippen molar-refractivity contribution in [3.63, 3.8) is 0 Å². The first-order valence-corrected chi connectivity index (χ1v) is 9.29. The van der Waals surface area contributed by atoms with Gasteiger partial charge in [-0.15, -0.1) is 0 Å². The summed E-state index contributed by atoms with van der Waals surface area (Å²) in [5, 5.41) is 15.9. The third-order valence-electron chi connectivity index (χ3n) is 4.45. The molecule has 0 saturated carbocycles. The Balaban J connectivity index is 2.35. The van der Waals surface area contributed by atoms with Gasteiger partial charge in [0.05, 0.1) is 30.1 Å². The quantitative estimate of drug-likeness (QED) is 0.206. The van der Waals surface area contributed by atoms with E-state index in [-0.39, 0.29) is 34.1 Å². The minimum Gasteiger partial charge on any atom is -0.623 e. The Kier molecular flexibility index (Phi) is 6.06. The summed E-state index contributed by atoms with van der Waals surface area (Å²) in [4.78, 5) is 29.1. The number of aromatic nitrogens is 3. The van der Waals surface area contributed by atoms with Crippen LogP contribution >= 0.6 is 0 Å². The van der Waals surface area contributed by atoms with Gasteiger partial charge in [0.25, 0.3) is 5.56 Å². The Morgan fingerprint density at radius 1 is 1.23 bits per heavy atom. The van der Waals surface area contributed by atoms with Crippen molar-refractivity contribution < 1.29 is 14.3 Å². The van der Waals surface area contributed by atoms with Crippen molar-refractivity contribution in [2.45, 2.75) is 26.4 Å². The Bertz CT molecular complexity index is 1150. The summed E-state index contributed by atoms with van der Waals surface area (Å²) in [6.07, 6.45) is 0. The summed E-state index contributed by atoms with van der Waals surface area (Å²) in [5.74, 6) is -0.655. The Morgan fingerprint density at radius 3 is 2.53 bits per heavy atom. The van der Waals surface area contributed by atoms with Gasteiger partial charge in [0.15, 0.2) is 6.54 Å². The lowest BCUT2D eigenvalue weighted by molar-refractivity contribution is -0.466. The Labute approximate surface area is 173 Å². The summed E-state index contributed by atoms with van der Waals surface area (Å²) in [6.45, 7) is 8.67. The molecule has 3 aromatic rings. The molecule has 0 unspecified atom stereocenters. The highest BCUT2D eigenvalue weighted by atomic mass is 16.5. The van der Waals surface area contributed by atoms with Crippen molar-refractivity contribution in [2.24, 2.45) is 0 Å². The molecule has 3 rings (SSSR count). The zero-order valence-corrected chi connectivity index (χ0v) is 16.9. The Hall–Kier alpha value is -3.81. The van der Waals surface area contributed by atoms with Gasteiger partial charge in [-0.1, -0.05) is 30.3 Å². The highest BCUT2D eigenvalue weighted by Crippen LogP contribution is 2.31. The minimum atomic E-state index is -0.655. The number of pyridine rings is 1. The number of hydroxylamine groups is 1. The number of nitrogens with zero attached hydrogens (tertiary/aromatic N) is 4. The SMILES string of the molecule is [CH]=[N+]([O-])Cc1nc(-c2ccccc2)c(-c2ccc(=O)n(C(C)C)n2)cc1C(=O)OC. The van der Waals surface area contributed by atoms with Crippen molar-refractivity contribution in [1.82, 2.24) is 14.8 Å². The number of rotatable bonds is 6. The zero-order valence-electron chi connectivity index (χ0n) is 16.9. The standard InChI is InChI=1S/C22H21N4O4/c1-14(2)26-20(27)11-10-18(24-26)16-12-17(22(28)30-4)19(13-25(3)29)23-21(16)15-8-6-5-7-9-15/h3,5-12,14H,13H2,1-2,4H3. The molecule has 0 aliphatic rings. The lowest BCUT2D eigenvalue weighted by atomic mass is 9.99. The fourth-order valence-corrected chi connectivity index (χ4v) is 3.06. The molecule has 8 heteroatoms. The molecule has 0 aliphatic heterocycles. The maximum Gasteiger partial charge on any atom is 0.339 e. The average molecular weight is 405 g/mol. The average Bonchev–Trinajstić information content (AvgIpc) is 2.73. The molecule has 0 N–H and O–H groups in total. The fourth-order valence-electron chi connectivity index (χ4n) is 3.06. The van der Waals surface area contributed by atoms with Gasteiger partial charge < -0.3 is 9.94 Å². The smallest absolute Gasteiger partial charge is 0.339 e. The van der Waals surface area contributed by atoms with Crippen LogP contribution in [-0.4, -0.2) is 39.3 Å². The molecule has 0 saturated heterocycles. The van der Waals surface area contributed by atoms with Crippen LogP contribution in [0.4, 0.5) is 0 Å². The number of hydrogen-bond acceptors (Lipinski definition) is 6. The molecule has 8 nitrogen and oxygen atoms in total. The number of carbonyl (C=O) groups excluding carboxylic acids is 1. The minimum absolute atomic E-state index is 0.0996. The van der Waals surface area contributed by atoms with Gasteiger partial charge >= 0.3 is 5.97 Å². The first-order valence-electron chi connectivity index (χ1n) is 9.29. The molecule has 2 aromatic heterocycles. The second-order valence-corrected chi connectivity index (χ2v) is 6.91. The molecule has 1 aromatic carbocycles. The number of benzene rings is 1. The first kappa shape index (κ1) is 20.9. The third kappa shape index (κ3) is 4.27. The topological polar surface area (TPSA) is 100 Å². The largest absolute Gasteiger partial charge is 0.623 e. The maximum absolute atomic E-state index is 12.4. The van der Waals surface area contributed by atoms with Gasteiger partial charge in [0, 0.05) is 17.2 Å². The van der Waals surface area contributed by atoms with E-state index in [2.05, 4.69) is 10.1 Å². The van der Waals surface area contributed by atoms with E-state index in [1.807, 2.05) is 44.2 Å². The molecule has 0 fully saturated rings.